The van der Waals surface area contributed by atoms with E-state index in [9.17, 15) is 0 Å². The van der Waals surface area contributed by atoms with Gasteiger partial charge in [0.25, 0.3) is 0 Å². The first-order valence-corrected chi connectivity index (χ1v) is 7.37. The van der Waals surface area contributed by atoms with Crippen LogP contribution in [0.25, 0.3) is 5.95 Å². The third-order valence-corrected chi connectivity index (χ3v) is 3.77. The number of nitrogens with one attached hydrogen (secondary N) is 1. The molecule has 0 aliphatic carbocycles. The lowest BCUT2D eigenvalue weighted by Gasteiger charge is -2.06. The van der Waals surface area contributed by atoms with Crippen LogP contribution in [0.5, 0.6) is 0 Å². The molecule has 0 atom stereocenters. The van der Waals surface area contributed by atoms with Crippen molar-refractivity contribution in [3.8, 4) is 5.95 Å². The van der Waals surface area contributed by atoms with Crippen molar-refractivity contribution < 1.29 is 0 Å². The van der Waals surface area contributed by atoms with Crippen molar-refractivity contribution in [1.82, 2.24) is 33.9 Å². The lowest BCUT2D eigenvalue weighted by Crippen LogP contribution is -2.08. The van der Waals surface area contributed by atoms with E-state index in [0.717, 1.165) is 10.9 Å². The Balaban J connectivity index is 1.96. The van der Waals surface area contributed by atoms with E-state index in [1.165, 1.54) is 29.6 Å². The molecule has 3 aromatic heterocycles. The van der Waals surface area contributed by atoms with E-state index in [0.29, 0.717) is 17.1 Å². The Morgan fingerprint density at radius 2 is 2.30 bits per heavy atom. The van der Waals surface area contributed by atoms with Gasteiger partial charge in [0.1, 0.15) is 12.7 Å². The van der Waals surface area contributed by atoms with Crippen LogP contribution in [-0.4, -0.2) is 40.4 Å². The zero-order chi connectivity index (χ0) is 13.8. The Labute approximate surface area is 122 Å². The van der Waals surface area contributed by atoms with Gasteiger partial charge in [0.05, 0.1) is 0 Å². The molecule has 3 heterocycles. The second-order valence-corrected chi connectivity index (χ2v) is 5.55. The summed E-state index contributed by atoms with van der Waals surface area (Å²) in [6.07, 6.45) is 6.61. The smallest absolute Gasteiger partial charge is 0.240 e. The summed E-state index contributed by atoms with van der Waals surface area (Å²) >= 11 is 2.66. The van der Waals surface area contributed by atoms with E-state index in [4.69, 9.17) is 0 Å². The zero-order valence-electron chi connectivity index (χ0n) is 10.5. The van der Waals surface area contributed by atoms with Gasteiger partial charge in [-0.3, -0.25) is 4.57 Å². The second-order valence-electron chi connectivity index (χ2n) is 3.55. The Kier molecular flexibility index (Phi) is 3.83. The van der Waals surface area contributed by atoms with Crippen molar-refractivity contribution >= 4 is 29.2 Å². The van der Waals surface area contributed by atoms with Crippen LogP contribution in [0.15, 0.2) is 34.5 Å². The highest BCUT2D eigenvalue weighted by molar-refractivity contribution is 8.00. The average molecular weight is 306 g/mol. The molecule has 0 unspecified atom stereocenters. The highest BCUT2D eigenvalue weighted by atomic mass is 32.2. The molecule has 3 aromatic rings. The third-order valence-electron chi connectivity index (χ3n) is 2.19. The van der Waals surface area contributed by atoms with Gasteiger partial charge < -0.3 is 5.32 Å². The zero-order valence-corrected chi connectivity index (χ0v) is 12.1. The maximum Gasteiger partial charge on any atom is 0.240 e. The van der Waals surface area contributed by atoms with Gasteiger partial charge in [-0.25, -0.2) is 9.97 Å². The maximum atomic E-state index is 4.40. The molecule has 0 aromatic carbocycles. The van der Waals surface area contributed by atoms with Gasteiger partial charge >= 0.3 is 0 Å². The molecule has 10 heteroatoms. The molecule has 20 heavy (non-hydrogen) atoms. The molecule has 0 saturated carbocycles. The van der Waals surface area contributed by atoms with Crippen LogP contribution in [0.1, 0.15) is 6.92 Å². The van der Waals surface area contributed by atoms with Crippen LogP contribution in [0.2, 0.25) is 0 Å². The van der Waals surface area contributed by atoms with Crippen LogP contribution in [0, 0.1) is 0 Å². The van der Waals surface area contributed by atoms with Gasteiger partial charge in [-0.2, -0.15) is 19.3 Å². The number of imidazole rings is 1. The van der Waals surface area contributed by atoms with E-state index in [2.05, 4.69) is 34.6 Å². The second kappa shape index (κ2) is 5.92. The highest BCUT2D eigenvalue weighted by Crippen LogP contribution is 2.26. The van der Waals surface area contributed by atoms with Gasteiger partial charge in [0.2, 0.25) is 17.1 Å². The number of hydrogen-bond acceptors (Lipinski definition) is 9. The van der Waals surface area contributed by atoms with E-state index in [1.54, 1.807) is 23.3 Å². The fourth-order valence-electron chi connectivity index (χ4n) is 1.41. The lowest BCUT2D eigenvalue weighted by atomic mass is 10.7. The predicted octanol–water partition coefficient (Wildman–Crippen LogP) is 1.49. The molecule has 0 aliphatic heterocycles. The van der Waals surface area contributed by atoms with Crippen LogP contribution in [0.4, 0.5) is 5.95 Å². The first-order valence-electron chi connectivity index (χ1n) is 5.78. The molecule has 3 rings (SSSR count). The monoisotopic (exact) mass is 306 g/mol. The minimum atomic E-state index is 0.514. The van der Waals surface area contributed by atoms with Crippen molar-refractivity contribution in [1.29, 1.82) is 0 Å². The molecule has 0 spiro atoms. The third kappa shape index (κ3) is 2.91. The fourth-order valence-corrected chi connectivity index (χ4v) is 2.70. The maximum absolute atomic E-state index is 4.40. The van der Waals surface area contributed by atoms with Crippen molar-refractivity contribution in [3.63, 3.8) is 0 Å². The molecule has 0 radical (unpaired) electrons. The minimum Gasteiger partial charge on any atom is -0.354 e. The fraction of sp³-hybridized carbons (Fsp3) is 0.200. The normalized spacial score (nSPS) is 10.7. The Hall–Kier alpha value is -2.07. The first kappa shape index (κ1) is 12.9. The summed E-state index contributed by atoms with van der Waals surface area (Å²) in [7, 11) is 0. The van der Waals surface area contributed by atoms with Crippen molar-refractivity contribution in [2.45, 2.75) is 16.4 Å². The van der Waals surface area contributed by atoms with Crippen molar-refractivity contribution in [2.24, 2.45) is 0 Å². The van der Waals surface area contributed by atoms with E-state index >= 15 is 0 Å². The Morgan fingerprint density at radius 1 is 1.35 bits per heavy atom. The van der Waals surface area contributed by atoms with Crippen LogP contribution in [0.3, 0.4) is 0 Å². The van der Waals surface area contributed by atoms with Crippen molar-refractivity contribution in [2.75, 3.05) is 11.9 Å². The molecule has 0 fully saturated rings. The minimum absolute atomic E-state index is 0.514. The molecule has 0 saturated heterocycles. The molecule has 0 amide bonds. The number of aromatic nitrogens is 7. The summed E-state index contributed by atoms with van der Waals surface area (Å²) in [5.74, 6) is 1.04. The molecular weight excluding hydrogens is 296 g/mol. The van der Waals surface area contributed by atoms with Crippen molar-refractivity contribution in [3.05, 3.63) is 25.0 Å². The Morgan fingerprint density at radius 3 is 3.00 bits per heavy atom. The van der Waals surface area contributed by atoms with Crippen LogP contribution in [-0.2, 0) is 0 Å². The molecule has 1 N–H and O–H groups in total. The quantitative estimate of drug-likeness (QED) is 0.757. The number of anilines is 1. The topological polar surface area (TPSA) is 94.3 Å². The largest absolute Gasteiger partial charge is 0.354 e. The molecular formula is C10H10N8S2. The van der Waals surface area contributed by atoms with Gasteiger partial charge in [-0.05, 0) is 30.2 Å². The van der Waals surface area contributed by atoms with Crippen LogP contribution < -0.4 is 5.32 Å². The predicted molar refractivity (Wildman–Crippen MR) is 75.1 cm³/mol. The SMILES string of the molecule is CCNc1nc(Sc2ncns2)nc(-n2ccnc2)n1. The lowest BCUT2D eigenvalue weighted by molar-refractivity contribution is 0.823. The summed E-state index contributed by atoms with van der Waals surface area (Å²) in [6, 6.07) is 0. The number of hydrogen-bond donors (Lipinski definition) is 1. The summed E-state index contributed by atoms with van der Waals surface area (Å²) in [5.41, 5.74) is 0. The average Bonchev–Trinajstić information content (AvgIpc) is 3.11. The molecule has 102 valence electrons. The number of nitrogens with zero attached hydrogens (tertiary/aromatic N) is 7. The van der Waals surface area contributed by atoms with E-state index in [1.807, 2.05) is 6.92 Å². The van der Waals surface area contributed by atoms with E-state index in [-0.39, 0.29) is 0 Å². The Bertz CT molecular complexity index is 667. The molecule has 0 aliphatic rings. The van der Waals surface area contributed by atoms with Gasteiger partial charge in [-0.1, -0.05) is 0 Å². The summed E-state index contributed by atoms with van der Waals surface area (Å²) in [4.78, 5) is 21.2. The summed E-state index contributed by atoms with van der Waals surface area (Å²) in [5, 5.41) is 3.65. The molecule has 0 bridgehead atoms. The van der Waals surface area contributed by atoms with E-state index < -0.39 is 0 Å². The summed E-state index contributed by atoms with van der Waals surface area (Å²) < 4.78 is 6.47. The standard InChI is InChI=1S/C10H10N8S2/c1-2-12-7-15-8(18-4-3-11-6-18)17-9(16-7)19-10-13-5-14-20-10/h3-6H,2H2,1H3,(H,12,15,16,17). The van der Waals surface area contributed by atoms with Crippen LogP contribution >= 0.6 is 23.3 Å². The highest BCUT2D eigenvalue weighted by Gasteiger charge is 2.10. The van der Waals surface area contributed by atoms with Gasteiger partial charge in [0.15, 0.2) is 4.34 Å². The van der Waals surface area contributed by atoms with Gasteiger partial charge in [0, 0.05) is 18.9 Å². The first-order chi connectivity index (χ1) is 9.85. The summed E-state index contributed by atoms with van der Waals surface area (Å²) in [6.45, 7) is 2.72. The number of rotatable bonds is 5. The van der Waals surface area contributed by atoms with Gasteiger partial charge in [-0.15, -0.1) is 0 Å². The molecule has 8 nitrogen and oxygen atoms in total.